The molecule has 0 bridgehead atoms. The molecule has 5 aliphatic rings. The summed E-state index contributed by atoms with van der Waals surface area (Å²) in [5.74, 6) is 2.58. The van der Waals surface area contributed by atoms with Crippen LogP contribution in [0.4, 0.5) is 0 Å². The Hall–Kier alpha value is -0.730. The molecule has 0 aromatic rings. The Morgan fingerprint density at radius 2 is 1.70 bits per heavy atom. The Morgan fingerprint density at radius 1 is 0.818 bits per heavy atom. The van der Waals surface area contributed by atoms with Gasteiger partial charge in [0.1, 0.15) is 6.29 Å². The van der Waals surface area contributed by atoms with Crippen LogP contribution in [-0.2, 0) is 4.79 Å². The van der Waals surface area contributed by atoms with Crippen LogP contribution < -0.4 is 31.9 Å². The predicted molar refractivity (Wildman–Crippen MR) is 133 cm³/mol. The normalized spacial score (nSPS) is 44.6. The topological polar surface area (TPSA) is 89.2 Å². The zero-order valence-electron chi connectivity index (χ0n) is 20.7. The first-order chi connectivity index (χ1) is 16.2. The van der Waals surface area contributed by atoms with Crippen LogP contribution in [0.3, 0.4) is 0 Å². The fourth-order valence-electron chi connectivity index (χ4n) is 7.40. The zero-order valence-corrected chi connectivity index (χ0v) is 20.7. The molecule has 3 aliphatic heterocycles. The Kier molecular flexibility index (Phi) is 8.24. The van der Waals surface area contributed by atoms with Gasteiger partial charge in [0.25, 0.3) is 0 Å². The van der Waals surface area contributed by atoms with Crippen molar-refractivity contribution >= 4 is 5.91 Å². The Balaban J connectivity index is 1.10. The fourth-order valence-corrected chi connectivity index (χ4v) is 7.40. The maximum absolute atomic E-state index is 13.2. The number of hydrogen-bond donors (Lipinski definition) is 6. The Morgan fingerprint density at radius 3 is 2.58 bits per heavy atom. The highest BCUT2D eigenvalue weighted by molar-refractivity contribution is 5.79. The lowest BCUT2D eigenvalue weighted by atomic mass is 9.76. The second-order valence-electron chi connectivity index (χ2n) is 11.8. The highest BCUT2D eigenvalue weighted by Gasteiger charge is 2.37. The van der Waals surface area contributed by atoms with E-state index in [9.17, 15) is 4.79 Å². The molecule has 0 radical (unpaired) electrons. The molecule has 0 aromatic heterocycles. The van der Waals surface area contributed by atoms with Crippen LogP contribution in [0.15, 0.2) is 0 Å². The molecule has 2 saturated carbocycles. The lowest BCUT2D eigenvalue weighted by molar-refractivity contribution is -0.127. The van der Waals surface area contributed by atoms with Crippen molar-refractivity contribution in [2.24, 2.45) is 23.7 Å². The minimum Gasteiger partial charge on any atom is -0.353 e. The summed E-state index contributed by atoms with van der Waals surface area (Å²) in [7, 11) is 0. The molecule has 33 heavy (non-hydrogen) atoms. The van der Waals surface area contributed by atoms with Gasteiger partial charge in [-0.25, -0.2) is 0 Å². The average molecular weight is 461 g/mol. The van der Waals surface area contributed by atoms with Gasteiger partial charge in [-0.2, -0.15) is 0 Å². The van der Waals surface area contributed by atoms with Gasteiger partial charge in [0.15, 0.2) is 0 Å². The molecular weight excluding hydrogens is 412 g/mol. The van der Waals surface area contributed by atoms with Gasteiger partial charge in [-0.15, -0.1) is 0 Å². The maximum atomic E-state index is 13.2. The van der Waals surface area contributed by atoms with Crippen LogP contribution in [0.2, 0.25) is 0 Å². The number of nitrogens with one attached hydrogen (secondary N) is 6. The van der Waals surface area contributed by atoms with Crippen molar-refractivity contribution in [1.29, 1.82) is 0 Å². The van der Waals surface area contributed by atoms with Gasteiger partial charge in [0.05, 0.1) is 0 Å². The van der Waals surface area contributed by atoms with Crippen LogP contribution in [-0.4, -0.2) is 62.5 Å². The van der Waals surface area contributed by atoms with Crippen molar-refractivity contribution in [2.45, 2.75) is 108 Å². The molecule has 1 amide bonds. The van der Waals surface area contributed by atoms with E-state index in [0.717, 1.165) is 50.6 Å². The third-order valence-electron chi connectivity index (χ3n) is 9.52. The molecule has 0 spiro atoms. The van der Waals surface area contributed by atoms with E-state index in [1.807, 2.05) is 0 Å². The van der Waals surface area contributed by atoms with Gasteiger partial charge < -0.3 is 16.0 Å². The van der Waals surface area contributed by atoms with Crippen molar-refractivity contribution in [3.05, 3.63) is 0 Å². The van der Waals surface area contributed by atoms with Crippen LogP contribution in [0.25, 0.3) is 0 Å². The van der Waals surface area contributed by atoms with E-state index in [2.05, 4.69) is 38.8 Å². The maximum Gasteiger partial charge on any atom is 0.223 e. The molecule has 5 fully saturated rings. The first-order valence-electron chi connectivity index (χ1n) is 14.2. The van der Waals surface area contributed by atoms with E-state index in [0.29, 0.717) is 36.0 Å². The fraction of sp³-hybridized carbons (Fsp3) is 0.962. The molecule has 0 aromatic carbocycles. The van der Waals surface area contributed by atoms with Crippen molar-refractivity contribution in [3.8, 4) is 0 Å². The number of hydrogen-bond acceptors (Lipinski definition) is 6. The third-order valence-corrected chi connectivity index (χ3v) is 9.52. The first kappa shape index (κ1) is 24.0. The van der Waals surface area contributed by atoms with E-state index in [-0.39, 0.29) is 12.2 Å². The lowest BCUT2D eigenvalue weighted by Gasteiger charge is -2.43. The summed E-state index contributed by atoms with van der Waals surface area (Å²) in [4.78, 5) is 13.2. The average Bonchev–Trinajstić information content (AvgIpc) is 2.86. The van der Waals surface area contributed by atoms with Crippen LogP contribution in [0, 0.1) is 23.7 Å². The quantitative estimate of drug-likeness (QED) is 0.374. The van der Waals surface area contributed by atoms with Gasteiger partial charge in [-0.3, -0.25) is 20.7 Å². The predicted octanol–water partition coefficient (Wildman–Crippen LogP) is 1.65. The summed E-state index contributed by atoms with van der Waals surface area (Å²) in [6, 6.07) is 2.05. The molecule has 188 valence electrons. The summed E-state index contributed by atoms with van der Waals surface area (Å²) < 4.78 is 0. The summed E-state index contributed by atoms with van der Waals surface area (Å²) in [6.07, 6.45) is 13.3. The molecular formula is C26H48N6O. The molecule has 6 N–H and O–H groups in total. The number of piperidine rings is 2. The minimum absolute atomic E-state index is 0.155. The SMILES string of the molecule is CC1CCC(C(=O)NC2CCC3NCCCC3C2)CC1NC1NCCC(C2CCCNC2)N1. The summed E-state index contributed by atoms with van der Waals surface area (Å²) in [5.41, 5.74) is 0. The lowest BCUT2D eigenvalue weighted by Crippen LogP contribution is -2.66. The smallest absolute Gasteiger partial charge is 0.223 e. The summed E-state index contributed by atoms with van der Waals surface area (Å²) >= 11 is 0. The van der Waals surface area contributed by atoms with E-state index in [4.69, 9.17) is 0 Å². The van der Waals surface area contributed by atoms with Crippen molar-refractivity contribution in [2.75, 3.05) is 26.2 Å². The molecule has 3 heterocycles. The Bertz CT molecular complexity index is 640. The van der Waals surface area contributed by atoms with Gasteiger partial charge in [-0.1, -0.05) is 6.92 Å². The number of carbonyl (C=O) groups is 1. The monoisotopic (exact) mass is 460 g/mol. The van der Waals surface area contributed by atoms with Gasteiger partial charge >= 0.3 is 0 Å². The van der Waals surface area contributed by atoms with Crippen LogP contribution in [0.5, 0.6) is 0 Å². The molecule has 7 nitrogen and oxygen atoms in total. The van der Waals surface area contributed by atoms with Gasteiger partial charge in [-0.05, 0) is 115 Å². The van der Waals surface area contributed by atoms with Crippen LogP contribution >= 0.6 is 0 Å². The number of amides is 1. The van der Waals surface area contributed by atoms with Gasteiger partial charge in [0.2, 0.25) is 5.91 Å². The zero-order chi connectivity index (χ0) is 22.6. The standard InChI is InChI=1S/C26H48N6O/c1-17-6-7-19(25(33)30-21-8-9-22-18(14-21)4-3-12-28-22)15-24(17)32-26-29-13-10-23(31-26)20-5-2-11-27-16-20/h17-24,26-29,31-32H,2-16H2,1H3,(H,30,33). The van der Waals surface area contributed by atoms with Crippen molar-refractivity contribution in [3.63, 3.8) is 0 Å². The van der Waals surface area contributed by atoms with Crippen LogP contribution in [0.1, 0.15) is 77.6 Å². The minimum atomic E-state index is 0.155. The molecule has 5 rings (SSSR count). The van der Waals surface area contributed by atoms with Crippen molar-refractivity contribution < 1.29 is 4.79 Å². The van der Waals surface area contributed by atoms with Crippen molar-refractivity contribution in [1.82, 2.24) is 31.9 Å². The van der Waals surface area contributed by atoms with E-state index >= 15 is 0 Å². The Labute approximate surface area is 200 Å². The summed E-state index contributed by atoms with van der Waals surface area (Å²) in [6.45, 7) is 6.91. The molecule has 9 atom stereocenters. The largest absolute Gasteiger partial charge is 0.353 e. The number of rotatable bonds is 5. The molecule has 2 aliphatic carbocycles. The second kappa shape index (κ2) is 11.3. The summed E-state index contributed by atoms with van der Waals surface area (Å²) in [5, 5.41) is 22.1. The van der Waals surface area contributed by atoms with E-state index in [1.54, 1.807) is 0 Å². The molecule has 9 unspecified atom stereocenters. The molecule has 7 heteroatoms. The van der Waals surface area contributed by atoms with E-state index < -0.39 is 0 Å². The highest BCUT2D eigenvalue weighted by atomic mass is 16.1. The third kappa shape index (κ3) is 6.10. The highest BCUT2D eigenvalue weighted by Crippen LogP contribution is 2.33. The number of carbonyl (C=O) groups excluding carboxylic acids is 1. The molecule has 3 saturated heterocycles. The first-order valence-corrected chi connectivity index (χ1v) is 14.2. The number of fused-ring (bicyclic) bond motifs is 1. The van der Waals surface area contributed by atoms with Gasteiger partial charge in [0, 0.05) is 30.1 Å². The van der Waals surface area contributed by atoms with E-state index in [1.165, 1.54) is 58.0 Å². The second-order valence-corrected chi connectivity index (χ2v) is 11.8.